The Labute approximate surface area is 80.6 Å². The molecule has 3 nitrogen and oxygen atoms in total. The van der Waals surface area contributed by atoms with Gasteiger partial charge in [-0.05, 0) is 15.9 Å². The van der Waals surface area contributed by atoms with Gasteiger partial charge in [-0.3, -0.25) is 0 Å². The van der Waals surface area contributed by atoms with Gasteiger partial charge in [0.2, 0.25) is 0 Å². The number of halogens is 4. The number of aromatic nitrogens is 2. The summed E-state index contributed by atoms with van der Waals surface area (Å²) in [6.07, 6.45) is -1.29. The fourth-order valence-electron chi connectivity index (χ4n) is 0.664. The van der Waals surface area contributed by atoms with Gasteiger partial charge in [-0.1, -0.05) is 0 Å². The predicted octanol–water partition coefficient (Wildman–Crippen LogP) is 2.18. The highest BCUT2D eigenvalue weighted by Crippen LogP contribution is 2.14. The second kappa shape index (κ2) is 4.10. The van der Waals surface area contributed by atoms with E-state index in [1.165, 1.54) is 17.1 Å². The van der Waals surface area contributed by atoms with Crippen LogP contribution in [0.3, 0.4) is 0 Å². The second-order valence-electron chi connectivity index (χ2n) is 2.29. The molecule has 1 aromatic rings. The molecule has 1 rings (SSSR count). The van der Waals surface area contributed by atoms with E-state index >= 15 is 0 Å². The van der Waals surface area contributed by atoms with Gasteiger partial charge in [0.05, 0.1) is 10.7 Å². The molecule has 0 fully saturated rings. The highest BCUT2D eigenvalue weighted by Gasteiger charge is 2.27. The zero-order valence-electron chi connectivity index (χ0n) is 6.38. The second-order valence-corrected chi connectivity index (χ2v) is 3.21. The van der Waals surface area contributed by atoms with Crippen molar-refractivity contribution in [2.24, 2.45) is 0 Å². The van der Waals surface area contributed by atoms with Crippen molar-refractivity contribution in [2.75, 3.05) is 6.61 Å². The minimum absolute atomic E-state index is 0.203. The van der Waals surface area contributed by atoms with E-state index < -0.39 is 12.8 Å². The van der Waals surface area contributed by atoms with Crippen LogP contribution in [0.25, 0.3) is 0 Å². The van der Waals surface area contributed by atoms with E-state index in [4.69, 9.17) is 0 Å². The monoisotopic (exact) mass is 258 g/mol. The molecule has 7 heteroatoms. The van der Waals surface area contributed by atoms with E-state index in [2.05, 4.69) is 25.8 Å². The highest BCUT2D eigenvalue weighted by atomic mass is 79.9. The van der Waals surface area contributed by atoms with Crippen LogP contribution in [0, 0.1) is 0 Å². The smallest absolute Gasteiger partial charge is 0.350 e. The van der Waals surface area contributed by atoms with Crippen molar-refractivity contribution in [3.63, 3.8) is 0 Å². The van der Waals surface area contributed by atoms with Crippen molar-refractivity contribution < 1.29 is 17.9 Å². The van der Waals surface area contributed by atoms with E-state index in [1.54, 1.807) is 0 Å². The Balaban J connectivity index is 2.28. The summed E-state index contributed by atoms with van der Waals surface area (Å²) in [5.41, 5.74) is 0. The topological polar surface area (TPSA) is 27.1 Å². The molecule has 1 aromatic heterocycles. The summed E-state index contributed by atoms with van der Waals surface area (Å²) in [7, 11) is 0. The highest BCUT2D eigenvalue weighted by molar-refractivity contribution is 9.10. The van der Waals surface area contributed by atoms with Crippen LogP contribution in [0.1, 0.15) is 0 Å². The maximum absolute atomic E-state index is 11.6. The molecule has 0 bridgehead atoms. The van der Waals surface area contributed by atoms with Gasteiger partial charge in [-0.25, -0.2) is 4.68 Å². The minimum atomic E-state index is -4.29. The third-order valence-electron chi connectivity index (χ3n) is 1.09. The Hall–Kier alpha value is -0.560. The van der Waals surface area contributed by atoms with Crippen LogP contribution in [0.2, 0.25) is 0 Å². The summed E-state index contributed by atoms with van der Waals surface area (Å²) < 4.78 is 41.1. The molecule has 0 aliphatic heterocycles. The molecule has 0 amide bonds. The first-order chi connectivity index (χ1) is 5.97. The van der Waals surface area contributed by atoms with E-state index in [0.717, 1.165) is 0 Å². The molecule has 0 aliphatic carbocycles. The van der Waals surface area contributed by atoms with Gasteiger partial charge >= 0.3 is 6.18 Å². The normalized spacial score (nSPS) is 12.0. The van der Waals surface area contributed by atoms with Crippen LogP contribution in [0.15, 0.2) is 16.9 Å². The van der Waals surface area contributed by atoms with Gasteiger partial charge in [0.15, 0.2) is 0 Å². The average molecular weight is 259 g/mol. The maximum Gasteiger partial charge on any atom is 0.411 e. The summed E-state index contributed by atoms with van der Waals surface area (Å²) in [5.74, 6) is 0. The number of nitrogens with zero attached hydrogens (tertiary/aromatic N) is 2. The number of hydrogen-bond acceptors (Lipinski definition) is 2. The Morgan fingerprint density at radius 2 is 2.23 bits per heavy atom. The van der Waals surface area contributed by atoms with Gasteiger partial charge in [-0.15, -0.1) is 0 Å². The van der Waals surface area contributed by atoms with Crippen LogP contribution in [-0.2, 0) is 11.5 Å². The SMILES string of the molecule is FC(F)(F)COCn1cc(Br)cn1. The molecule has 1 heterocycles. The standard InChI is InChI=1S/C6H6BrF3N2O/c7-5-1-11-12(2-5)4-13-3-6(8,9)10/h1-2H,3-4H2. The summed E-state index contributed by atoms with van der Waals surface area (Å²) >= 11 is 3.10. The van der Waals surface area contributed by atoms with Crippen molar-refractivity contribution in [2.45, 2.75) is 12.9 Å². The van der Waals surface area contributed by atoms with E-state index in [0.29, 0.717) is 4.47 Å². The molecule has 0 N–H and O–H groups in total. The Morgan fingerprint density at radius 1 is 1.54 bits per heavy atom. The summed E-state index contributed by atoms with van der Waals surface area (Å²) in [6, 6.07) is 0. The first-order valence-electron chi connectivity index (χ1n) is 3.30. The third-order valence-corrected chi connectivity index (χ3v) is 1.50. The van der Waals surface area contributed by atoms with Crippen molar-refractivity contribution in [1.29, 1.82) is 0 Å². The first kappa shape index (κ1) is 10.5. The van der Waals surface area contributed by atoms with E-state index in [9.17, 15) is 13.2 Å². The van der Waals surface area contributed by atoms with Crippen LogP contribution < -0.4 is 0 Å². The number of hydrogen-bond donors (Lipinski definition) is 0. The van der Waals surface area contributed by atoms with Crippen molar-refractivity contribution in [3.05, 3.63) is 16.9 Å². The molecule has 0 unspecified atom stereocenters. The van der Waals surface area contributed by atoms with Gasteiger partial charge < -0.3 is 4.74 Å². The molecule has 74 valence electrons. The van der Waals surface area contributed by atoms with Gasteiger partial charge in [0.25, 0.3) is 0 Å². The third kappa shape index (κ3) is 4.28. The van der Waals surface area contributed by atoms with Crippen molar-refractivity contribution in [3.8, 4) is 0 Å². The molecular weight excluding hydrogens is 253 g/mol. The van der Waals surface area contributed by atoms with Crippen LogP contribution in [0.5, 0.6) is 0 Å². The van der Waals surface area contributed by atoms with Gasteiger partial charge in [0, 0.05) is 6.20 Å². The molecule has 0 aliphatic rings. The number of ether oxygens (including phenoxy) is 1. The first-order valence-corrected chi connectivity index (χ1v) is 4.09. The molecule has 0 radical (unpaired) electrons. The fraction of sp³-hybridized carbons (Fsp3) is 0.500. The van der Waals surface area contributed by atoms with Crippen LogP contribution in [-0.4, -0.2) is 22.6 Å². The molecule has 13 heavy (non-hydrogen) atoms. The lowest BCUT2D eigenvalue weighted by molar-refractivity contribution is -0.182. The van der Waals surface area contributed by atoms with Crippen molar-refractivity contribution in [1.82, 2.24) is 9.78 Å². The molecule has 0 spiro atoms. The quantitative estimate of drug-likeness (QED) is 0.831. The molecule has 0 atom stereocenters. The summed E-state index contributed by atoms with van der Waals surface area (Å²) in [6.45, 7) is -1.46. The minimum Gasteiger partial charge on any atom is -0.350 e. The lowest BCUT2D eigenvalue weighted by Crippen LogP contribution is -2.18. The van der Waals surface area contributed by atoms with Crippen LogP contribution >= 0.6 is 15.9 Å². The molecule has 0 saturated carbocycles. The predicted molar refractivity (Wildman–Crippen MR) is 41.9 cm³/mol. The molecule has 0 saturated heterocycles. The largest absolute Gasteiger partial charge is 0.411 e. The zero-order chi connectivity index (χ0) is 9.90. The van der Waals surface area contributed by atoms with Gasteiger partial charge in [-0.2, -0.15) is 18.3 Å². The Morgan fingerprint density at radius 3 is 2.69 bits per heavy atom. The number of alkyl halides is 3. The summed E-state index contributed by atoms with van der Waals surface area (Å²) in [4.78, 5) is 0. The summed E-state index contributed by atoms with van der Waals surface area (Å²) in [5, 5.41) is 3.71. The van der Waals surface area contributed by atoms with Crippen LogP contribution in [0.4, 0.5) is 13.2 Å². The average Bonchev–Trinajstić information content (AvgIpc) is 2.33. The number of rotatable bonds is 3. The zero-order valence-corrected chi connectivity index (χ0v) is 7.97. The Bertz CT molecular complexity index is 273. The van der Waals surface area contributed by atoms with Crippen molar-refractivity contribution >= 4 is 15.9 Å². The molecular formula is C6H6BrF3N2O. The lowest BCUT2D eigenvalue weighted by atomic mass is 10.7. The van der Waals surface area contributed by atoms with Gasteiger partial charge in [0.1, 0.15) is 13.3 Å². The Kier molecular flexibility index (Phi) is 3.32. The van der Waals surface area contributed by atoms with E-state index in [1.807, 2.05) is 0 Å². The van der Waals surface area contributed by atoms with E-state index in [-0.39, 0.29) is 6.73 Å². The fourth-order valence-corrected chi connectivity index (χ4v) is 0.992. The maximum atomic E-state index is 11.6. The lowest BCUT2D eigenvalue weighted by Gasteiger charge is -2.06. The molecule has 0 aromatic carbocycles.